The Morgan fingerprint density at radius 3 is 2.39 bits per heavy atom. The summed E-state index contributed by atoms with van der Waals surface area (Å²) in [7, 11) is 2.00. The van der Waals surface area contributed by atoms with Crippen molar-refractivity contribution >= 4 is 34.2 Å². The van der Waals surface area contributed by atoms with Crippen LogP contribution in [0.5, 0.6) is 0 Å². The summed E-state index contributed by atoms with van der Waals surface area (Å²) in [5.41, 5.74) is 5.81. The second kappa shape index (κ2) is 7.57. The normalized spacial score (nSPS) is 14.9. The van der Waals surface area contributed by atoms with Crippen molar-refractivity contribution in [1.29, 1.82) is 0 Å². The quantitative estimate of drug-likeness (QED) is 0.543. The molecule has 31 heavy (non-hydrogen) atoms. The Kier molecular flexibility index (Phi) is 5.31. The van der Waals surface area contributed by atoms with Gasteiger partial charge in [0.2, 0.25) is 0 Å². The number of aromatic nitrogens is 1. The summed E-state index contributed by atoms with van der Waals surface area (Å²) in [4.78, 5) is 14.6. The van der Waals surface area contributed by atoms with Crippen LogP contribution in [-0.4, -0.2) is 34.8 Å². The number of likely N-dealkylation sites (N-methyl/N-ethyl adjacent to an activating group) is 1. The van der Waals surface area contributed by atoms with Gasteiger partial charge in [-0.25, -0.2) is 4.79 Å². The Labute approximate surface area is 188 Å². The molecule has 3 aromatic rings. The van der Waals surface area contributed by atoms with Crippen molar-refractivity contribution < 1.29 is 14.6 Å². The monoisotopic (exact) mass is 440 g/mol. The molecule has 1 aromatic heterocycles. The SMILES string of the molecule is Cc1ccc(-c2c(C(OC(C)(C)C)C(=O)O)c(Cl)c3c4c2cc(C)n4CCN3C)cc1. The van der Waals surface area contributed by atoms with E-state index in [2.05, 4.69) is 22.5 Å². The van der Waals surface area contributed by atoms with Crippen molar-refractivity contribution in [2.75, 3.05) is 18.5 Å². The zero-order valence-electron chi connectivity index (χ0n) is 18.9. The Morgan fingerprint density at radius 2 is 1.81 bits per heavy atom. The molecule has 2 heterocycles. The first kappa shape index (κ1) is 21.7. The van der Waals surface area contributed by atoms with E-state index in [1.165, 1.54) is 0 Å². The molecule has 0 bridgehead atoms. The number of carbonyl (C=O) groups is 1. The molecule has 0 aliphatic carbocycles. The largest absolute Gasteiger partial charge is 0.479 e. The van der Waals surface area contributed by atoms with E-state index in [4.69, 9.17) is 16.3 Å². The Bertz CT molecular complexity index is 1170. The van der Waals surface area contributed by atoms with Gasteiger partial charge in [0, 0.05) is 36.8 Å². The van der Waals surface area contributed by atoms with Gasteiger partial charge in [0.05, 0.1) is 21.8 Å². The highest BCUT2D eigenvalue weighted by molar-refractivity contribution is 6.37. The minimum absolute atomic E-state index is 0.446. The summed E-state index contributed by atoms with van der Waals surface area (Å²) in [6.07, 6.45) is -1.19. The number of benzene rings is 2. The maximum Gasteiger partial charge on any atom is 0.337 e. The van der Waals surface area contributed by atoms with E-state index in [9.17, 15) is 9.90 Å². The standard InChI is InChI=1S/C25H29ClN2O3/c1-14-7-9-16(10-8-14)18-17-13-15(2)28-12-11-27(6)22(21(17)28)20(26)19(18)23(24(29)30)31-25(3,4)5/h7-10,13,23H,11-12H2,1-6H3,(H,29,30). The third-order valence-electron chi connectivity index (χ3n) is 5.85. The number of nitrogens with zero attached hydrogens (tertiary/aromatic N) is 2. The third-order valence-corrected chi connectivity index (χ3v) is 6.23. The lowest BCUT2D eigenvalue weighted by Crippen LogP contribution is -2.30. The van der Waals surface area contributed by atoms with E-state index >= 15 is 0 Å². The summed E-state index contributed by atoms with van der Waals surface area (Å²) >= 11 is 7.05. The highest BCUT2D eigenvalue weighted by Gasteiger charge is 2.36. The predicted octanol–water partition coefficient (Wildman–Crippen LogP) is 5.97. The molecule has 0 spiro atoms. The summed E-state index contributed by atoms with van der Waals surface area (Å²) in [5.74, 6) is -1.05. The molecule has 1 aliphatic rings. The van der Waals surface area contributed by atoms with Crippen molar-refractivity contribution in [3.05, 3.63) is 52.2 Å². The fourth-order valence-corrected chi connectivity index (χ4v) is 4.90. The molecule has 0 saturated carbocycles. The van der Waals surface area contributed by atoms with Crippen LogP contribution in [0.15, 0.2) is 30.3 Å². The second-order valence-electron chi connectivity index (χ2n) is 9.39. The molecule has 0 saturated heterocycles. The molecule has 2 aromatic carbocycles. The Hall–Kier alpha value is -2.50. The number of halogens is 1. The molecule has 5 nitrogen and oxygen atoms in total. The summed E-state index contributed by atoms with van der Waals surface area (Å²) in [6, 6.07) is 10.3. The summed E-state index contributed by atoms with van der Waals surface area (Å²) < 4.78 is 8.36. The van der Waals surface area contributed by atoms with Gasteiger partial charge in [-0.15, -0.1) is 0 Å². The number of anilines is 1. The Morgan fingerprint density at radius 1 is 1.16 bits per heavy atom. The van der Waals surface area contributed by atoms with Crippen molar-refractivity contribution in [1.82, 2.24) is 4.57 Å². The minimum Gasteiger partial charge on any atom is -0.479 e. The fraction of sp³-hybridized carbons (Fsp3) is 0.400. The number of aliphatic carboxylic acids is 1. The van der Waals surface area contributed by atoms with Gasteiger partial charge >= 0.3 is 5.97 Å². The van der Waals surface area contributed by atoms with Gasteiger partial charge in [-0.3, -0.25) is 0 Å². The zero-order chi connectivity index (χ0) is 22.7. The van der Waals surface area contributed by atoms with Gasteiger partial charge in [-0.2, -0.15) is 0 Å². The van der Waals surface area contributed by atoms with Crippen LogP contribution in [0.1, 0.15) is 43.7 Å². The van der Waals surface area contributed by atoms with Crippen LogP contribution in [0, 0.1) is 13.8 Å². The minimum atomic E-state index is -1.19. The molecular weight excluding hydrogens is 412 g/mol. The highest BCUT2D eigenvalue weighted by atomic mass is 35.5. The van der Waals surface area contributed by atoms with E-state index in [0.29, 0.717) is 10.6 Å². The number of carboxylic acid groups (broad SMARTS) is 1. The van der Waals surface area contributed by atoms with Gasteiger partial charge in [0.1, 0.15) is 0 Å². The lowest BCUT2D eigenvalue weighted by atomic mass is 9.90. The summed E-state index contributed by atoms with van der Waals surface area (Å²) in [5, 5.41) is 11.7. The van der Waals surface area contributed by atoms with Gasteiger partial charge in [0.25, 0.3) is 0 Å². The van der Waals surface area contributed by atoms with Gasteiger partial charge < -0.3 is 19.3 Å². The van der Waals surface area contributed by atoms with Crippen molar-refractivity contribution in [2.24, 2.45) is 0 Å². The average Bonchev–Trinajstić information content (AvgIpc) is 3.00. The van der Waals surface area contributed by atoms with Crippen LogP contribution in [0.2, 0.25) is 5.02 Å². The third kappa shape index (κ3) is 3.70. The van der Waals surface area contributed by atoms with Crippen LogP contribution in [-0.2, 0) is 16.1 Å². The molecule has 6 heteroatoms. The first-order valence-corrected chi connectivity index (χ1v) is 10.9. The molecule has 0 fully saturated rings. The number of hydrogen-bond donors (Lipinski definition) is 1. The van der Waals surface area contributed by atoms with Crippen LogP contribution in [0.25, 0.3) is 22.0 Å². The van der Waals surface area contributed by atoms with Crippen LogP contribution >= 0.6 is 11.6 Å². The first-order valence-electron chi connectivity index (χ1n) is 10.5. The first-order chi connectivity index (χ1) is 14.5. The van der Waals surface area contributed by atoms with Gasteiger partial charge in [-0.1, -0.05) is 41.4 Å². The van der Waals surface area contributed by atoms with E-state index < -0.39 is 17.7 Å². The predicted molar refractivity (Wildman–Crippen MR) is 126 cm³/mol. The smallest absolute Gasteiger partial charge is 0.337 e. The molecule has 164 valence electrons. The lowest BCUT2D eigenvalue weighted by molar-refractivity contribution is -0.160. The van der Waals surface area contributed by atoms with E-state index in [-0.39, 0.29) is 0 Å². The van der Waals surface area contributed by atoms with Crippen LogP contribution < -0.4 is 4.90 Å². The maximum absolute atomic E-state index is 12.5. The average molecular weight is 441 g/mol. The number of rotatable bonds is 4. The van der Waals surface area contributed by atoms with Crippen molar-refractivity contribution in [3.63, 3.8) is 0 Å². The molecule has 1 N–H and O–H groups in total. The number of ether oxygens (including phenoxy) is 1. The van der Waals surface area contributed by atoms with Crippen LogP contribution in [0.4, 0.5) is 5.69 Å². The van der Waals surface area contributed by atoms with Crippen molar-refractivity contribution in [2.45, 2.75) is 52.9 Å². The zero-order valence-corrected chi connectivity index (χ0v) is 19.7. The molecule has 4 rings (SSSR count). The molecule has 0 amide bonds. The number of hydrogen-bond acceptors (Lipinski definition) is 3. The number of carboxylic acids is 1. The van der Waals surface area contributed by atoms with Crippen molar-refractivity contribution in [3.8, 4) is 11.1 Å². The van der Waals surface area contributed by atoms with E-state index in [0.717, 1.165) is 52.1 Å². The second-order valence-corrected chi connectivity index (χ2v) is 9.76. The maximum atomic E-state index is 12.5. The number of aryl methyl sites for hydroxylation is 2. The Balaban J connectivity index is 2.16. The van der Waals surface area contributed by atoms with E-state index in [1.807, 2.05) is 59.0 Å². The summed E-state index contributed by atoms with van der Waals surface area (Å²) in [6.45, 7) is 11.4. The molecule has 1 atom stereocenters. The lowest BCUT2D eigenvalue weighted by Gasteiger charge is -2.33. The molecular formula is C25H29ClN2O3. The van der Waals surface area contributed by atoms with Gasteiger partial charge in [-0.05, 0) is 51.8 Å². The van der Waals surface area contributed by atoms with E-state index in [1.54, 1.807) is 0 Å². The molecule has 1 aliphatic heterocycles. The fourth-order valence-electron chi connectivity index (χ4n) is 4.47. The van der Waals surface area contributed by atoms with Gasteiger partial charge in [0.15, 0.2) is 6.10 Å². The molecule has 0 radical (unpaired) electrons. The highest BCUT2D eigenvalue weighted by Crippen LogP contribution is 2.50. The molecule has 1 unspecified atom stereocenters. The van der Waals surface area contributed by atoms with Crippen LogP contribution in [0.3, 0.4) is 0 Å². The topological polar surface area (TPSA) is 54.7 Å².